The van der Waals surface area contributed by atoms with E-state index < -0.39 is 0 Å². The van der Waals surface area contributed by atoms with E-state index in [9.17, 15) is 4.79 Å². The molecule has 0 aromatic heterocycles. The predicted octanol–water partition coefficient (Wildman–Crippen LogP) is 0.0705. The molecule has 1 rings (SSSR count). The molecule has 0 aromatic rings. The number of amides is 1. The second-order valence-corrected chi connectivity index (χ2v) is 5.11. The molecule has 2 N–H and O–H groups in total. The highest BCUT2D eigenvalue weighted by Crippen LogP contribution is 2.10. The van der Waals surface area contributed by atoms with Crippen molar-refractivity contribution in [2.24, 2.45) is 5.92 Å². The molecule has 0 spiro atoms. The molecule has 1 aliphatic heterocycles. The lowest BCUT2D eigenvalue weighted by Gasteiger charge is -2.27. The van der Waals surface area contributed by atoms with E-state index in [1.54, 1.807) is 7.11 Å². The number of methoxy groups -OCH3 is 1. The van der Waals surface area contributed by atoms with Crippen LogP contribution in [0.1, 0.15) is 19.3 Å². The number of carbonyl (C=O) groups is 1. The summed E-state index contributed by atoms with van der Waals surface area (Å²) in [7, 11) is 3.69. The molecule has 0 aliphatic carbocycles. The molecule has 5 heteroatoms. The van der Waals surface area contributed by atoms with E-state index in [0.717, 1.165) is 26.1 Å². The maximum atomic E-state index is 11.6. The van der Waals surface area contributed by atoms with Crippen molar-refractivity contribution >= 4 is 5.91 Å². The van der Waals surface area contributed by atoms with Crippen molar-refractivity contribution in [1.82, 2.24) is 15.5 Å². The Balaban J connectivity index is 2.06. The van der Waals surface area contributed by atoms with Gasteiger partial charge in [-0.1, -0.05) is 0 Å². The van der Waals surface area contributed by atoms with Crippen molar-refractivity contribution in [3.8, 4) is 0 Å². The van der Waals surface area contributed by atoms with Crippen LogP contribution in [-0.4, -0.2) is 64.3 Å². The quantitative estimate of drug-likeness (QED) is 0.604. The van der Waals surface area contributed by atoms with Crippen molar-refractivity contribution < 1.29 is 9.53 Å². The Hall–Kier alpha value is -0.650. The van der Waals surface area contributed by atoms with Gasteiger partial charge in [0.2, 0.25) is 5.91 Å². The molecule has 1 aliphatic rings. The Morgan fingerprint density at radius 3 is 3.06 bits per heavy atom. The van der Waals surface area contributed by atoms with Crippen LogP contribution in [-0.2, 0) is 9.53 Å². The Labute approximate surface area is 110 Å². The summed E-state index contributed by atoms with van der Waals surface area (Å²) in [6.07, 6.45) is 3.40. The highest BCUT2D eigenvalue weighted by Gasteiger charge is 2.16. The van der Waals surface area contributed by atoms with Crippen LogP contribution in [0.25, 0.3) is 0 Å². The summed E-state index contributed by atoms with van der Waals surface area (Å²) < 4.78 is 4.94. The van der Waals surface area contributed by atoms with Crippen LogP contribution in [0, 0.1) is 5.92 Å². The number of nitrogens with zero attached hydrogens (tertiary/aromatic N) is 1. The Bertz CT molecular complexity index is 230. The lowest BCUT2D eigenvalue weighted by atomic mass is 9.99. The van der Waals surface area contributed by atoms with Crippen LogP contribution < -0.4 is 10.6 Å². The lowest BCUT2D eigenvalue weighted by Crippen LogP contribution is -2.41. The molecule has 0 radical (unpaired) electrons. The van der Waals surface area contributed by atoms with Crippen LogP contribution in [0.4, 0.5) is 0 Å². The van der Waals surface area contributed by atoms with Crippen molar-refractivity contribution in [2.45, 2.75) is 19.3 Å². The summed E-state index contributed by atoms with van der Waals surface area (Å²) in [6.45, 7) is 5.11. The fraction of sp³-hybridized carbons (Fsp3) is 0.923. The first-order valence-electron chi connectivity index (χ1n) is 6.87. The molecule has 1 unspecified atom stereocenters. The molecule has 0 aromatic carbocycles. The minimum atomic E-state index is 0.109. The topological polar surface area (TPSA) is 53.6 Å². The second kappa shape index (κ2) is 9.30. The summed E-state index contributed by atoms with van der Waals surface area (Å²) in [5.41, 5.74) is 0. The normalized spacial score (nSPS) is 20.1. The summed E-state index contributed by atoms with van der Waals surface area (Å²) in [5.74, 6) is 0.794. The zero-order chi connectivity index (χ0) is 13.2. The molecule has 1 atom stereocenters. The third-order valence-corrected chi connectivity index (χ3v) is 3.23. The average molecular weight is 257 g/mol. The Morgan fingerprint density at radius 2 is 2.39 bits per heavy atom. The van der Waals surface area contributed by atoms with Gasteiger partial charge in [0.15, 0.2) is 0 Å². The SMILES string of the molecule is COCCCNC(=O)CN(C)CC1CCCNC1. The van der Waals surface area contributed by atoms with Crippen LogP contribution in [0.15, 0.2) is 0 Å². The van der Waals surface area contributed by atoms with Crippen molar-refractivity contribution in [3.05, 3.63) is 0 Å². The largest absolute Gasteiger partial charge is 0.385 e. The first-order chi connectivity index (χ1) is 8.72. The monoisotopic (exact) mass is 257 g/mol. The number of piperidine rings is 1. The first kappa shape index (κ1) is 15.4. The van der Waals surface area contributed by atoms with E-state index in [4.69, 9.17) is 4.74 Å². The maximum absolute atomic E-state index is 11.6. The van der Waals surface area contributed by atoms with Gasteiger partial charge < -0.3 is 15.4 Å². The van der Waals surface area contributed by atoms with Gasteiger partial charge >= 0.3 is 0 Å². The average Bonchev–Trinajstić information content (AvgIpc) is 2.35. The number of hydrogen-bond donors (Lipinski definition) is 2. The van der Waals surface area contributed by atoms with E-state index in [0.29, 0.717) is 25.6 Å². The summed E-state index contributed by atoms with van der Waals surface area (Å²) in [5, 5.41) is 6.31. The molecule has 0 bridgehead atoms. The highest BCUT2D eigenvalue weighted by atomic mass is 16.5. The fourth-order valence-electron chi connectivity index (χ4n) is 2.33. The van der Waals surface area contributed by atoms with Gasteiger partial charge in [-0.2, -0.15) is 0 Å². The van der Waals surface area contributed by atoms with Gasteiger partial charge in [0.1, 0.15) is 0 Å². The van der Waals surface area contributed by atoms with Gasteiger partial charge in [0.25, 0.3) is 0 Å². The second-order valence-electron chi connectivity index (χ2n) is 5.11. The molecular formula is C13H27N3O2. The number of carbonyl (C=O) groups excluding carboxylic acids is 1. The highest BCUT2D eigenvalue weighted by molar-refractivity contribution is 5.77. The third kappa shape index (κ3) is 6.93. The molecular weight excluding hydrogens is 230 g/mol. The van der Waals surface area contributed by atoms with Crippen molar-refractivity contribution in [1.29, 1.82) is 0 Å². The maximum Gasteiger partial charge on any atom is 0.234 e. The van der Waals surface area contributed by atoms with Crippen LogP contribution in [0.5, 0.6) is 0 Å². The predicted molar refractivity (Wildman–Crippen MR) is 72.6 cm³/mol. The molecule has 1 heterocycles. The molecule has 1 saturated heterocycles. The zero-order valence-corrected chi connectivity index (χ0v) is 11.7. The summed E-state index contributed by atoms with van der Waals surface area (Å²) in [6, 6.07) is 0. The Kier molecular flexibility index (Phi) is 7.96. The van der Waals surface area contributed by atoms with E-state index >= 15 is 0 Å². The fourth-order valence-corrected chi connectivity index (χ4v) is 2.33. The number of likely N-dealkylation sites (N-methyl/N-ethyl adjacent to an activating group) is 1. The zero-order valence-electron chi connectivity index (χ0n) is 11.7. The molecule has 106 valence electrons. The molecule has 18 heavy (non-hydrogen) atoms. The summed E-state index contributed by atoms with van der Waals surface area (Å²) >= 11 is 0. The van der Waals surface area contributed by atoms with E-state index in [-0.39, 0.29) is 5.91 Å². The van der Waals surface area contributed by atoms with E-state index in [2.05, 4.69) is 15.5 Å². The standard InChI is InChI=1S/C13H27N3O2/c1-16(10-12-5-3-6-14-9-12)11-13(17)15-7-4-8-18-2/h12,14H,3-11H2,1-2H3,(H,15,17). The van der Waals surface area contributed by atoms with Crippen LogP contribution in [0.2, 0.25) is 0 Å². The lowest BCUT2D eigenvalue weighted by molar-refractivity contribution is -0.122. The number of hydrogen-bond acceptors (Lipinski definition) is 4. The van der Waals surface area contributed by atoms with Crippen LogP contribution in [0.3, 0.4) is 0 Å². The number of rotatable bonds is 8. The van der Waals surface area contributed by atoms with Crippen LogP contribution >= 0.6 is 0 Å². The van der Waals surface area contributed by atoms with Gasteiger partial charge in [0, 0.05) is 26.8 Å². The number of ether oxygens (including phenoxy) is 1. The summed E-state index contributed by atoms with van der Waals surface area (Å²) in [4.78, 5) is 13.8. The minimum Gasteiger partial charge on any atom is -0.385 e. The molecule has 1 amide bonds. The Morgan fingerprint density at radius 1 is 1.56 bits per heavy atom. The van der Waals surface area contributed by atoms with Gasteiger partial charge in [-0.05, 0) is 45.3 Å². The smallest absolute Gasteiger partial charge is 0.234 e. The number of nitrogens with one attached hydrogen (secondary N) is 2. The molecule has 5 nitrogen and oxygen atoms in total. The van der Waals surface area contributed by atoms with Gasteiger partial charge in [-0.3, -0.25) is 9.69 Å². The molecule has 1 fully saturated rings. The van der Waals surface area contributed by atoms with Gasteiger partial charge in [0.05, 0.1) is 6.54 Å². The van der Waals surface area contributed by atoms with Crippen molar-refractivity contribution in [3.63, 3.8) is 0 Å². The van der Waals surface area contributed by atoms with Gasteiger partial charge in [-0.25, -0.2) is 0 Å². The third-order valence-electron chi connectivity index (χ3n) is 3.23. The van der Waals surface area contributed by atoms with Crippen molar-refractivity contribution in [2.75, 3.05) is 53.5 Å². The molecule has 0 saturated carbocycles. The first-order valence-corrected chi connectivity index (χ1v) is 6.87. The van der Waals surface area contributed by atoms with Gasteiger partial charge in [-0.15, -0.1) is 0 Å². The van der Waals surface area contributed by atoms with E-state index in [1.165, 1.54) is 12.8 Å². The minimum absolute atomic E-state index is 0.109. The van der Waals surface area contributed by atoms with E-state index in [1.807, 2.05) is 7.05 Å².